The second kappa shape index (κ2) is 6.89. The zero-order valence-electron chi connectivity index (χ0n) is 15.8. The minimum atomic E-state index is -1.06. The van der Waals surface area contributed by atoms with E-state index in [0.717, 1.165) is 41.5 Å². The Morgan fingerprint density at radius 1 is 1.48 bits per heavy atom. The maximum atomic E-state index is 12.0. The molecule has 5 atom stereocenters. The Bertz CT molecular complexity index is 826. The van der Waals surface area contributed by atoms with Gasteiger partial charge in [0.2, 0.25) is 5.91 Å². The van der Waals surface area contributed by atoms with E-state index in [0.29, 0.717) is 12.0 Å². The van der Waals surface area contributed by atoms with Crippen molar-refractivity contribution in [1.82, 2.24) is 0 Å². The van der Waals surface area contributed by atoms with Gasteiger partial charge in [0.15, 0.2) is 0 Å². The number of aliphatic hydroxyl groups excluding tert-OH is 1. The predicted octanol–water partition coefficient (Wildman–Crippen LogP) is 1.03. The van der Waals surface area contributed by atoms with Crippen LogP contribution in [0.25, 0.3) is 0 Å². The van der Waals surface area contributed by atoms with Gasteiger partial charge in [-0.3, -0.25) is 4.79 Å². The number of carbonyl (C=O) groups is 1. The molecule has 5 nitrogen and oxygen atoms in total. The van der Waals surface area contributed by atoms with Crippen LogP contribution >= 0.6 is 0 Å². The average molecular weight is 444 g/mol. The minimum absolute atomic E-state index is 0. The number of fused-ring (bicyclic) bond motifs is 1. The summed E-state index contributed by atoms with van der Waals surface area (Å²) in [6.07, 6.45) is 6.76. The van der Waals surface area contributed by atoms with E-state index < -0.39 is 23.0 Å². The van der Waals surface area contributed by atoms with Crippen molar-refractivity contribution in [2.24, 2.45) is 5.73 Å². The normalized spacial score (nSPS) is 38.9. The number of carbonyl (C=O) groups excluding carboxylic acids is 1. The fourth-order valence-corrected chi connectivity index (χ4v) is 5.73. The Kier molecular flexibility index (Phi) is 5.33. The van der Waals surface area contributed by atoms with Crippen LogP contribution in [0.5, 0.6) is 0 Å². The first kappa shape index (κ1) is 20.9. The molecule has 27 heavy (non-hydrogen) atoms. The van der Waals surface area contributed by atoms with E-state index in [1.54, 1.807) is 12.1 Å². The molecule has 0 saturated carbocycles. The SMILES string of the molecule is C=CC[N+]1(C)CC[C@]23CC(O)C=C[C@@]2(O)[C@H]1Cc1ccc(C(N)=O)cc13.[Y]. The number of nitrogens with zero attached hydrogens (tertiary/aromatic N) is 1. The molecule has 0 spiro atoms. The molecule has 2 unspecified atom stereocenters. The minimum Gasteiger partial charge on any atom is -0.389 e. The molecule has 2 bridgehead atoms. The third-order valence-corrected chi connectivity index (χ3v) is 7.08. The van der Waals surface area contributed by atoms with E-state index in [1.807, 2.05) is 24.3 Å². The van der Waals surface area contributed by atoms with Crippen LogP contribution in [0.15, 0.2) is 43.0 Å². The molecular weight excluding hydrogens is 417 g/mol. The van der Waals surface area contributed by atoms with Gasteiger partial charge in [0.25, 0.3) is 0 Å². The van der Waals surface area contributed by atoms with Crippen molar-refractivity contribution < 1.29 is 52.2 Å². The number of piperidine rings is 1. The third-order valence-electron chi connectivity index (χ3n) is 7.08. The Morgan fingerprint density at radius 3 is 2.89 bits per heavy atom. The summed E-state index contributed by atoms with van der Waals surface area (Å²) < 4.78 is 0.721. The molecular formula is C21H27N2O3Y+. The molecule has 2 aliphatic carbocycles. The van der Waals surface area contributed by atoms with Crippen LogP contribution in [0.1, 0.15) is 34.3 Å². The molecule has 1 radical (unpaired) electrons. The smallest absolute Gasteiger partial charge is 0.248 e. The number of likely N-dealkylation sites (tertiary alicyclic amines) is 1. The second-order valence-electron chi connectivity index (χ2n) is 8.42. The van der Waals surface area contributed by atoms with Crippen molar-refractivity contribution in [3.63, 3.8) is 0 Å². The van der Waals surface area contributed by atoms with E-state index in [9.17, 15) is 15.0 Å². The molecule has 1 aromatic rings. The molecule has 1 aliphatic heterocycles. The van der Waals surface area contributed by atoms with Crippen LogP contribution < -0.4 is 5.73 Å². The van der Waals surface area contributed by atoms with Gasteiger partial charge in [-0.1, -0.05) is 18.7 Å². The number of quaternary nitrogens is 1. The molecule has 1 fully saturated rings. The first-order valence-corrected chi connectivity index (χ1v) is 9.24. The van der Waals surface area contributed by atoms with Crippen LogP contribution in [0.3, 0.4) is 0 Å². The number of rotatable bonds is 3. The molecule has 0 aromatic heterocycles. The third kappa shape index (κ3) is 2.82. The van der Waals surface area contributed by atoms with Gasteiger partial charge in [-0.15, -0.1) is 0 Å². The van der Waals surface area contributed by atoms with E-state index in [4.69, 9.17) is 5.73 Å². The molecule has 1 aromatic carbocycles. The van der Waals surface area contributed by atoms with Crippen LogP contribution in [0.2, 0.25) is 0 Å². The summed E-state index contributed by atoms with van der Waals surface area (Å²) in [5.41, 5.74) is 6.41. The fraction of sp³-hybridized carbons (Fsp3) is 0.476. The number of benzene rings is 1. The van der Waals surface area contributed by atoms with Crippen LogP contribution in [-0.4, -0.2) is 58.5 Å². The largest absolute Gasteiger partial charge is 0.389 e. The summed E-state index contributed by atoms with van der Waals surface area (Å²) in [5, 5.41) is 22.3. The molecule has 4 rings (SSSR count). The van der Waals surface area contributed by atoms with Crippen molar-refractivity contribution in [3.8, 4) is 0 Å². The van der Waals surface area contributed by atoms with Gasteiger partial charge in [0, 0.05) is 56.5 Å². The summed E-state index contributed by atoms with van der Waals surface area (Å²) in [6, 6.07) is 5.56. The van der Waals surface area contributed by atoms with Gasteiger partial charge in [-0.05, 0) is 41.8 Å². The molecule has 6 heteroatoms. The predicted molar refractivity (Wildman–Crippen MR) is 99.6 cm³/mol. The summed E-state index contributed by atoms with van der Waals surface area (Å²) in [7, 11) is 2.18. The Hall–Kier alpha value is -0.846. The molecule has 1 saturated heterocycles. The summed E-state index contributed by atoms with van der Waals surface area (Å²) in [4.78, 5) is 11.7. The molecule has 141 valence electrons. The number of likely N-dealkylation sites (N-methyl/N-ethyl adjacent to an activating group) is 1. The van der Waals surface area contributed by atoms with Crippen molar-refractivity contribution in [1.29, 1.82) is 0 Å². The van der Waals surface area contributed by atoms with E-state index in [2.05, 4.69) is 13.6 Å². The molecule has 4 N–H and O–H groups in total. The Labute approximate surface area is 185 Å². The summed E-state index contributed by atoms with van der Waals surface area (Å²) >= 11 is 0. The topological polar surface area (TPSA) is 83.6 Å². The first-order chi connectivity index (χ1) is 12.3. The van der Waals surface area contributed by atoms with Crippen LogP contribution in [0, 0.1) is 0 Å². The van der Waals surface area contributed by atoms with Crippen molar-refractivity contribution in [2.75, 3.05) is 20.1 Å². The standard InChI is InChI=1S/C21H26N2O3.Y/c1-3-9-23(2)10-8-20-13-16(24)6-7-21(20,26)18(23)12-14-4-5-15(19(22)25)11-17(14)20;/h3-7,11,16,18,24,26H,1,8-10,12-13H2,2H3,(H-,22,25);/p+1/t16?,18-,20-,21-,23?;/m1./s1. The number of nitrogens with two attached hydrogens (primary N) is 1. The van der Waals surface area contributed by atoms with Crippen LogP contribution in [0.4, 0.5) is 0 Å². The van der Waals surface area contributed by atoms with E-state index in [1.165, 1.54) is 0 Å². The maximum Gasteiger partial charge on any atom is 0.248 e. The number of hydrogen-bond acceptors (Lipinski definition) is 3. The van der Waals surface area contributed by atoms with Gasteiger partial charge < -0.3 is 20.4 Å². The Morgan fingerprint density at radius 2 is 2.22 bits per heavy atom. The summed E-state index contributed by atoms with van der Waals surface area (Å²) in [6.45, 7) is 5.59. The van der Waals surface area contributed by atoms with Gasteiger partial charge >= 0.3 is 0 Å². The average Bonchev–Trinajstić information content (AvgIpc) is 2.59. The van der Waals surface area contributed by atoms with E-state index in [-0.39, 0.29) is 38.8 Å². The van der Waals surface area contributed by atoms with Crippen molar-refractivity contribution in [2.45, 2.75) is 42.4 Å². The second-order valence-corrected chi connectivity index (χ2v) is 8.42. The zero-order chi connectivity index (χ0) is 18.7. The fourth-order valence-electron chi connectivity index (χ4n) is 5.73. The maximum absolute atomic E-state index is 12.0. The molecule has 1 heterocycles. The molecule has 1 amide bonds. The van der Waals surface area contributed by atoms with Gasteiger partial charge in [-0.2, -0.15) is 0 Å². The zero-order valence-corrected chi connectivity index (χ0v) is 18.6. The summed E-state index contributed by atoms with van der Waals surface area (Å²) in [5.74, 6) is -0.468. The van der Waals surface area contributed by atoms with Gasteiger partial charge in [0.05, 0.1) is 26.2 Å². The number of primary amides is 1. The van der Waals surface area contributed by atoms with E-state index >= 15 is 0 Å². The Balaban J connectivity index is 0.00000210. The van der Waals surface area contributed by atoms with Gasteiger partial charge in [-0.25, -0.2) is 0 Å². The molecule has 3 aliphatic rings. The van der Waals surface area contributed by atoms with Crippen LogP contribution in [-0.2, 0) is 44.5 Å². The monoisotopic (exact) mass is 444 g/mol. The van der Waals surface area contributed by atoms with Crippen molar-refractivity contribution in [3.05, 3.63) is 59.7 Å². The first-order valence-electron chi connectivity index (χ1n) is 9.24. The number of amides is 1. The number of hydrogen-bond donors (Lipinski definition) is 3. The van der Waals surface area contributed by atoms with Crippen molar-refractivity contribution >= 4 is 5.91 Å². The quantitative estimate of drug-likeness (QED) is 0.481. The number of aliphatic hydroxyl groups is 2. The van der Waals surface area contributed by atoms with Gasteiger partial charge in [0.1, 0.15) is 11.6 Å².